The van der Waals surface area contributed by atoms with Crippen LogP contribution in [0.15, 0.2) is 129 Å². The zero-order valence-electron chi connectivity index (χ0n) is 19.9. The molecule has 180 valence electrons. The van der Waals surface area contributed by atoms with Gasteiger partial charge in [0.25, 0.3) is 0 Å². The number of benzene rings is 4. The van der Waals surface area contributed by atoms with E-state index in [1.165, 1.54) is 16.7 Å². The summed E-state index contributed by atoms with van der Waals surface area (Å²) in [6.45, 7) is 0.600. The predicted molar refractivity (Wildman–Crippen MR) is 158 cm³/mol. The smallest absolute Gasteiger partial charge is 0.206 e. The Labute approximate surface area is 227 Å². The Morgan fingerprint density at radius 2 is 1.51 bits per heavy atom. The summed E-state index contributed by atoms with van der Waals surface area (Å²) < 4.78 is 2.98. The minimum absolute atomic E-state index is 0.600. The molecule has 4 nitrogen and oxygen atoms in total. The van der Waals surface area contributed by atoms with Crippen LogP contribution in [0.25, 0.3) is 33.3 Å². The van der Waals surface area contributed by atoms with Gasteiger partial charge in [0.15, 0.2) is 0 Å². The van der Waals surface area contributed by atoms with E-state index in [4.69, 9.17) is 10.1 Å². The van der Waals surface area contributed by atoms with Crippen molar-refractivity contribution in [2.45, 2.75) is 6.54 Å². The van der Waals surface area contributed by atoms with Crippen molar-refractivity contribution in [3.05, 3.63) is 135 Å². The summed E-state index contributed by atoms with van der Waals surface area (Å²) in [7, 11) is 0. The molecule has 0 aliphatic carbocycles. The van der Waals surface area contributed by atoms with Crippen molar-refractivity contribution in [2.24, 2.45) is 10.1 Å². The minimum atomic E-state index is 0.600. The van der Waals surface area contributed by atoms with Gasteiger partial charge in [0.05, 0.1) is 18.5 Å². The van der Waals surface area contributed by atoms with E-state index < -0.39 is 0 Å². The summed E-state index contributed by atoms with van der Waals surface area (Å²) in [6.07, 6.45) is 3.89. The highest BCUT2D eigenvalue weighted by atomic mass is 79.9. The fourth-order valence-electron chi connectivity index (χ4n) is 4.27. The highest BCUT2D eigenvalue weighted by molar-refractivity contribution is 9.10. The maximum absolute atomic E-state index is 4.93. The molecule has 0 spiro atoms. The largest absolute Gasteiger partial charge is 0.361 e. The second-order valence-electron chi connectivity index (χ2n) is 8.64. The maximum Gasteiger partial charge on any atom is 0.206 e. The van der Waals surface area contributed by atoms with Crippen LogP contribution < -0.4 is 4.80 Å². The second kappa shape index (κ2) is 10.5. The highest BCUT2D eigenvalue weighted by Crippen LogP contribution is 2.26. The van der Waals surface area contributed by atoms with E-state index in [1.54, 1.807) is 11.3 Å². The zero-order chi connectivity index (χ0) is 25.0. The van der Waals surface area contributed by atoms with E-state index in [0.717, 1.165) is 37.0 Å². The molecule has 0 bridgehead atoms. The number of thiazole rings is 1. The average molecular weight is 564 g/mol. The van der Waals surface area contributed by atoms with Crippen molar-refractivity contribution in [3.63, 3.8) is 0 Å². The average Bonchev–Trinajstić information content (AvgIpc) is 3.55. The van der Waals surface area contributed by atoms with Crippen LogP contribution in [0, 0.1) is 0 Å². The molecule has 37 heavy (non-hydrogen) atoms. The zero-order valence-corrected chi connectivity index (χ0v) is 22.3. The number of halogens is 1. The topological polar surface area (TPSA) is 45.4 Å². The minimum Gasteiger partial charge on any atom is -0.361 e. The van der Waals surface area contributed by atoms with E-state index in [-0.39, 0.29) is 0 Å². The van der Waals surface area contributed by atoms with E-state index >= 15 is 0 Å². The number of fused-ring (bicyclic) bond motifs is 1. The van der Waals surface area contributed by atoms with Gasteiger partial charge in [-0.1, -0.05) is 101 Å². The monoisotopic (exact) mass is 562 g/mol. The third kappa shape index (κ3) is 5.12. The Bertz CT molecular complexity index is 1740. The molecular weight excluding hydrogens is 540 g/mol. The molecule has 1 N–H and O–H groups in total. The fourth-order valence-corrected chi connectivity index (χ4v) is 5.46. The van der Waals surface area contributed by atoms with Crippen molar-refractivity contribution in [3.8, 4) is 22.4 Å². The number of hydrogen-bond acceptors (Lipinski definition) is 3. The lowest BCUT2D eigenvalue weighted by molar-refractivity contribution is 0.824. The first-order valence-electron chi connectivity index (χ1n) is 12.0. The van der Waals surface area contributed by atoms with Gasteiger partial charge in [-0.2, -0.15) is 5.10 Å². The molecule has 6 heteroatoms. The van der Waals surface area contributed by atoms with E-state index in [1.807, 2.05) is 47.4 Å². The number of rotatable bonds is 6. The van der Waals surface area contributed by atoms with Crippen LogP contribution in [-0.2, 0) is 6.54 Å². The summed E-state index contributed by atoms with van der Waals surface area (Å²) in [5.74, 6) is 0. The van der Waals surface area contributed by atoms with Gasteiger partial charge in [0.1, 0.15) is 0 Å². The fraction of sp³-hybridized carbons (Fsp3) is 0.0323. The normalized spacial score (nSPS) is 12.1. The van der Waals surface area contributed by atoms with Crippen molar-refractivity contribution in [2.75, 3.05) is 0 Å². The van der Waals surface area contributed by atoms with Gasteiger partial charge in [0.2, 0.25) is 4.80 Å². The first kappa shape index (κ1) is 23.4. The van der Waals surface area contributed by atoms with Gasteiger partial charge in [-0.15, -0.1) is 11.3 Å². The van der Waals surface area contributed by atoms with Crippen LogP contribution in [-0.4, -0.2) is 15.9 Å². The molecule has 0 radical (unpaired) electrons. The number of nitrogens with zero attached hydrogens (tertiary/aromatic N) is 3. The van der Waals surface area contributed by atoms with Crippen molar-refractivity contribution in [1.29, 1.82) is 0 Å². The third-order valence-electron chi connectivity index (χ3n) is 6.20. The second-order valence-corrected chi connectivity index (χ2v) is 10.4. The number of aromatic amines is 1. The quantitative estimate of drug-likeness (QED) is 0.199. The maximum atomic E-state index is 4.93. The van der Waals surface area contributed by atoms with Crippen molar-refractivity contribution < 1.29 is 0 Å². The molecule has 0 aliphatic heterocycles. The third-order valence-corrected chi connectivity index (χ3v) is 7.55. The van der Waals surface area contributed by atoms with E-state index in [0.29, 0.717) is 6.54 Å². The van der Waals surface area contributed by atoms with E-state index in [9.17, 15) is 0 Å². The van der Waals surface area contributed by atoms with Gasteiger partial charge in [-0.3, -0.25) is 4.99 Å². The molecule has 2 heterocycles. The van der Waals surface area contributed by atoms with Crippen LogP contribution in [0.4, 0.5) is 0 Å². The van der Waals surface area contributed by atoms with Gasteiger partial charge in [-0.25, -0.2) is 4.68 Å². The van der Waals surface area contributed by atoms with Crippen molar-refractivity contribution in [1.82, 2.24) is 9.66 Å². The summed E-state index contributed by atoms with van der Waals surface area (Å²) in [5.41, 5.74) is 7.76. The molecule has 0 atom stereocenters. The number of nitrogens with one attached hydrogen (secondary N) is 1. The van der Waals surface area contributed by atoms with Crippen LogP contribution >= 0.6 is 27.3 Å². The Kier molecular flexibility index (Phi) is 6.67. The molecule has 0 amide bonds. The Hall–Kier alpha value is -4.00. The van der Waals surface area contributed by atoms with E-state index in [2.05, 4.69) is 99.1 Å². The van der Waals surface area contributed by atoms with Gasteiger partial charge in [0, 0.05) is 38.1 Å². The van der Waals surface area contributed by atoms with Crippen LogP contribution in [0.1, 0.15) is 11.1 Å². The molecule has 6 rings (SSSR count). The first-order valence-corrected chi connectivity index (χ1v) is 13.6. The molecule has 0 aliphatic rings. The van der Waals surface area contributed by atoms with Crippen LogP contribution in [0.2, 0.25) is 0 Å². The summed E-state index contributed by atoms with van der Waals surface area (Å²) in [6, 6.07) is 35.6. The lowest BCUT2D eigenvalue weighted by atomic mass is 10.0. The Morgan fingerprint density at radius 3 is 2.30 bits per heavy atom. The Balaban J connectivity index is 1.41. The molecule has 6 aromatic rings. The standard InChI is InChI=1S/C31H23BrN4S/c32-27-15-16-29-28(17-27)26(19-33-29)20-35-36-30(21-37-31(36)34-18-22-7-3-1-4-8-22)25-13-11-24(12-14-25)23-9-5-2-6-10-23/h1-17,19-21,33H,18H2/b34-31?,35-20-. The highest BCUT2D eigenvalue weighted by Gasteiger charge is 2.09. The molecule has 0 fully saturated rings. The molecular formula is C31H23BrN4S. The van der Waals surface area contributed by atoms with Gasteiger partial charge in [-0.05, 0) is 34.9 Å². The van der Waals surface area contributed by atoms with Crippen LogP contribution in [0.5, 0.6) is 0 Å². The predicted octanol–water partition coefficient (Wildman–Crippen LogP) is 8.11. The molecule has 0 saturated heterocycles. The molecule has 2 aromatic heterocycles. The summed E-state index contributed by atoms with van der Waals surface area (Å²) in [5, 5.41) is 8.18. The summed E-state index contributed by atoms with van der Waals surface area (Å²) in [4.78, 5) is 9.10. The molecule has 4 aromatic carbocycles. The number of aromatic nitrogens is 2. The van der Waals surface area contributed by atoms with Gasteiger partial charge < -0.3 is 4.98 Å². The van der Waals surface area contributed by atoms with Crippen LogP contribution in [0.3, 0.4) is 0 Å². The lowest BCUT2D eigenvalue weighted by Gasteiger charge is -2.06. The van der Waals surface area contributed by atoms with Crippen molar-refractivity contribution >= 4 is 44.4 Å². The summed E-state index contributed by atoms with van der Waals surface area (Å²) >= 11 is 5.18. The molecule has 0 saturated carbocycles. The first-order chi connectivity index (χ1) is 18.2. The lowest BCUT2D eigenvalue weighted by Crippen LogP contribution is -2.12. The molecule has 0 unspecified atom stereocenters. The number of H-pyrrole nitrogens is 1. The van der Waals surface area contributed by atoms with Gasteiger partial charge >= 0.3 is 0 Å². The number of hydrogen-bond donors (Lipinski definition) is 1. The SMILES string of the molecule is Brc1ccc2[nH]cc(/C=N\n3c(-c4ccc(-c5ccccc5)cc4)csc3=NCc3ccccc3)c2c1. The Morgan fingerprint density at radius 1 is 0.811 bits per heavy atom.